The first-order valence-corrected chi connectivity index (χ1v) is 6.41. The average molecular weight is 272 g/mol. The van der Waals surface area contributed by atoms with Crippen molar-refractivity contribution < 1.29 is 9.18 Å². The molecule has 0 bridgehead atoms. The summed E-state index contributed by atoms with van der Waals surface area (Å²) in [5.74, 6) is -0.766. The Kier molecular flexibility index (Phi) is 2.76. The molecule has 94 valence electrons. The molecule has 3 rings (SSSR count). The average Bonchev–Trinajstić information content (AvgIpc) is 2.81. The predicted molar refractivity (Wildman–Crippen MR) is 73.5 cm³/mol. The van der Waals surface area contributed by atoms with Gasteiger partial charge in [-0.1, -0.05) is 12.1 Å². The summed E-state index contributed by atoms with van der Waals surface area (Å²) in [6.07, 6.45) is 0. The van der Waals surface area contributed by atoms with E-state index in [4.69, 9.17) is 5.73 Å². The van der Waals surface area contributed by atoms with Crippen molar-refractivity contribution in [1.29, 1.82) is 0 Å². The Balaban J connectivity index is 2.14. The van der Waals surface area contributed by atoms with Gasteiger partial charge in [0.2, 0.25) is 5.91 Å². The van der Waals surface area contributed by atoms with E-state index < -0.39 is 5.91 Å². The first kappa shape index (κ1) is 11.8. The van der Waals surface area contributed by atoms with Crippen molar-refractivity contribution in [2.75, 3.05) is 0 Å². The van der Waals surface area contributed by atoms with Crippen molar-refractivity contribution in [2.45, 2.75) is 0 Å². The lowest BCUT2D eigenvalue weighted by molar-refractivity contribution is 0.100. The Morgan fingerprint density at radius 3 is 2.79 bits per heavy atom. The normalized spacial score (nSPS) is 10.8. The molecule has 0 saturated heterocycles. The maximum Gasteiger partial charge on any atom is 0.248 e. The van der Waals surface area contributed by atoms with E-state index in [1.807, 2.05) is 0 Å². The molecule has 0 aliphatic carbocycles. The van der Waals surface area contributed by atoms with Gasteiger partial charge < -0.3 is 5.73 Å². The van der Waals surface area contributed by atoms with Crippen molar-refractivity contribution in [1.82, 2.24) is 4.98 Å². The number of hydrogen-bond acceptors (Lipinski definition) is 3. The summed E-state index contributed by atoms with van der Waals surface area (Å²) in [7, 11) is 0. The van der Waals surface area contributed by atoms with Gasteiger partial charge in [0.15, 0.2) is 0 Å². The summed E-state index contributed by atoms with van der Waals surface area (Å²) in [6, 6.07) is 11.4. The van der Waals surface area contributed by atoms with Crippen LogP contribution in [-0.4, -0.2) is 10.9 Å². The van der Waals surface area contributed by atoms with Gasteiger partial charge in [-0.05, 0) is 30.3 Å². The summed E-state index contributed by atoms with van der Waals surface area (Å²) in [5, 5.41) is 0.719. The summed E-state index contributed by atoms with van der Waals surface area (Å²) >= 11 is 1.41. The van der Waals surface area contributed by atoms with E-state index in [0.29, 0.717) is 5.56 Å². The van der Waals surface area contributed by atoms with Crippen LogP contribution in [0.5, 0.6) is 0 Å². The van der Waals surface area contributed by atoms with Crippen LogP contribution in [-0.2, 0) is 0 Å². The lowest BCUT2D eigenvalue weighted by Gasteiger charge is -1.94. The Morgan fingerprint density at radius 2 is 2.05 bits per heavy atom. The minimum atomic E-state index is -0.470. The zero-order chi connectivity index (χ0) is 13.4. The Hall–Kier alpha value is -2.27. The second-order valence-electron chi connectivity index (χ2n) is 4.08. The van der Waals surface area contributed by atoms with E-state index >= 15 is 0 Å². The van der Waals surface area contributed by atoms with Crippen molar-refractivity contribution in [3.05, 3.63) is 53.8 Å². The fraction of sp³-hybridized carbons (Fsp3) is 0. The smallest absolute Gasteiger partial charge is 0.248 e. The molecular formula is C14H9FN2OS. The molecule has 0 aliphatic rings. The number of nitrogens with two attached hydrogens (primary N) is 1. The number of thiazole rings is 1. The van der Waals surface area contributed by atoms with Gasteiger partial charge in [0.25, 0.3) is 0 Å². The van der Waals surface area contributed by atoms with Gasteiger partial charge in [0.05, 0.1) is 10.2 Å². The molecule has 0 spiro atoms. The van der Waals surface area contributed by atoms with E-state index in [0.717, 1.165) is 20.8 Å². The quantitative estimate of drug-likeness (QED) is 0.778. The highest BCUT2D eigenvalue weighted by atomic mass is 32.1. The molecule has 5 heteroatoms. The number of aromatic nitrogens is 1. The second kappa shape index (κ2) is 4.44. The zero-order valence-corrected chi connectivity index (χ0v) is 10.6. The maximum atomic E-state index is 13.2. The van der Waals surface area contributed by atoms with Crippen LogP contribution in [0.2, 0.25) is 0 Å². The van der Waals surface area contributed by atoms with Crippen LogP contribution in [0.25, 0.3) is 20.8 Å². The van der Waals surface area contributed by atoms with Crippen LogP contribution in [0.3, 0.4) is 0 Å². The van der Waals surface area contributed by atoms with Crippen molar-refractivity contribution in [3.8, 4) is 10.6 Å². The van der Waals surface area contributed by atoms with Gasteiger partial charge in [-0.15, -0.1) is 11.3 Å². The minimum absolute atomic E-state index is 0.297. The number of hydrogen-bond donors (Lipinski definition) is 1. The van der Waals surface area contributed by atoms with Gasteiger partial charge in [-0.3, -0.25) is 4.79 Å². The molecule has 0 atom stereocenters. The van der Waals surface area contributed by atoms with Gasteiger partial charge in [-0.2, -0.15) is 0 Å². The van der Waals surface area contributed by atoms with Gasteiger partial charge in [0, 0.05) is 11.1 Å². The Labute approximate surface area is 112 Å². The molecule has 0 saturated carbocycles. The van der Waals surface area contributed by atoms with E-state index in [1.54, 1.807) is 30.3 Å². The van der Waals surface area contributed by atoms with Crippen LogP contribution in [0.1, 0.15) is 10.4 Å². The molecule has 1 heterocycles. The van der Waals surface area contributed by atoms with Crippen molar-refractivity contribution >= 4 is 27.5 Å². The third-order valence-corrected chi connectivity index (χ3v) is 3.81. The molecule has 2 aromatic carbocycles. The summed E-state index contributed by atoms with van der Waals surface area (Å²) in [5.41, 5.74) is 7.18. The van der Waals surface area contributed by atoms with Crippen LogP contribution in [0.15, 0.2) is 42.5 Å². The number of amides is 1. The molecule has 2 N–H and O–H groups in total. The molecule has 0 radical (unpaired) electrons. The van der Waals surface area contributed by atoms with E-state index in [9.17, 15) is 9.18 Å². The molecule has 0 fully saturated rings. The number of carbonyl (C=O) groups excluding carboxylic acids is 1. The largest absolute Gasteiger partial charge is 0.366 e. The first-order chi connectivity index (χ1) is 9.13. The highest BCUT2D eigenvalue weighted by Gasteiger charge is 2.09. The highest BCUT2D eigenvalue weighted by molar-refractivity contribution is 7.21. The lowest BCUT2D eigenvalue weighted by atomic mass is 10.2. The van der Waals surface area contributed by atoms with Crippen LogP contribution < -0.4 is 5.73 Å². The van der Waals surface area contributed by atoms with Crippen LogP contribution in [0.4, 0.5) is 4.39 Å². The number of halogens is 1. The predicted octanol–water partition coefficient (Wildman–Crippen LogP) is 3.20. The number of nitrogens with zero attached hydrogens (tertiary/aromatic N) is 1. The Morgan fingerprint density at radius 1 is 1.21 bits per heavy atom. The number of fused-ring (bicyclic) bond motifs is 1. The van der Waals surface area contributed by atoms with E-state index in [-0.39, 0.29) is 5.82 Å². The summed E-state index contributed by atoms with van der Waals surface area (Å²) < 4.78 is 14.1. The van der Waals surface area contributed by atoms with Crippen molar-refractivity contribution in [3.63, 3.8) is 0 Å². The number of primary amides is 1. The molecule has 3 aromatic rings. The third kappa shape index (κ3) is 2.20. The van der Waals surface area contributed by atoms with Crippen LogP contribution in [0, 0.1) is 5.82 Å². The zero-order valence-electron chi connectivity index (χ0n) is 9.76. The monoisotopic (exact) mass is 272 g/mol. The lowest BCUT2D eigenvalue weighted by Crippen LogP contribution is -2.10. The second-order valence-corrected chi connectivity index (χ2v) is 5.11. The highest BCUT2D eigenvalue weighted by Crippen LogP contribution is 2.30. The molecular weight excluding hydrogens is 263 g/mol. The van der Waals surface area contributed by atoms with Crippen molar-refractivity contribution in [2.24, 2.45) is 5.73 Å². The molecule has 0 aliphatic heterocycles. The van der Waals surface area contributed by atoms with Crippen LogP contribution >= 0.6 is 11.3 Å². The number of benzene rings is 2. The van der Waals surface area contributed by atoms with Gasteiger partial charge in [0.1, 0.15) is 10.8 Å². The van der Waals surface area contributed by atoms with Gasteiger partial charge in [-0.25, -0.2) is 9.37 Å². The van der Waals surface area contributed by atoms with E-state index in [2.05, 4.69) is 4.98 Å². The molecule has 3 nitrogen and oxygen atoms in total. The minimum Gasteiger partial charge on any atom is -0.366 e. The van der Waals surface area contributed by atoms with Gasteiger partial charge >= 0.3 is 0 Å². The topological polar surface area (TPSA) is 56.0 Å². The summed E-state index contributed by atoms with van der Waals surface area (Å²) in [6.45, 7) is 0. The molecule has 0 unspecified atom stereocenters. The fourth-order valence-electron chi connectivity index (χ4n) is 1.82. The fourth-order valence-corrected chi connectivity index (χ4v) is 2.82. The summed E-state index contributed by atoms with van der Waals surface area (Å²) in [4.78, 5) is 15.5. The Bertz CT molecular complexity index is 782. The SMILES string of the molecule is NC(=O)c1ccc2nc(-c3cccc(F)c3)sc2c1. The van der Waals surface area contributed by atoms with E-state index in [1.165, 1.54) is 23.5 Å². The molecule has 1 aromatic heterocycles. The number of carbonyl (C=O) groups is 1. The molecule has 19 heavy (non-hydrogen) atoms. The third-order valence-electron chi connectivity index (χ3n) is 2.74. The standard InChI is InChI=1S/C14H9FN2OS/c15-10-3-1-2-9(6-10)14-17-11-5-4-8(13(16)18)7-12(11)19-14/h1-7H,(H2,16,18). The maximum absolute atomic E-state index is 13.2. The molecule has 1 amide bonds. The first-order valence-electron chi connectivity index (χ1n) is 5.60. The number of rotatable bonds is 2.